The summed E-state index contributed by atoms with van der Waals surface area (Å²) < 4.78 is 0. The van der Waals surface area contributed by atoms with Crippen LogP contribution < -0.4 is 10.6 Å². The van der Waals surface area contributed by atoms with E-state index in [0.29, 0.717) is 22.0 Å². The first-order valence-corrected chi connectivity index (χ1v) is 8.30. The molecule has 0 aliphatic rings. The van der Waals surface area contributed by atoms with E-state index in [-0.39, 0.29) is 17.4 Å². The fraction of sp³-hybridized carbons (Fsp3) is 0.0500. The molecule has 1 aromatic heterocycles. The Hall–Kier alpha value is -3.18. The molecule has 6 heteroatoms. The van der Waals surface area contributed by atoms with Gasteiger partial charge in [0.15, 0.2) is 0 Å². The molecule has 5 nitrogen and oxygen atoms in total. The van der Waals surface area contributed by atoms with Crippen LogP contribution in [0.1, 0.15) is 26.3 Å². The molecule has 0 bridgehead atoms. The van der Waals surface area contributed by atoms with E-state index >= 15 is 0 Å². The molecule has 0 aliphatic carbocycles. The molecule has 0 saturated heterocycles. The van der Waals surface area contributed by atoms with Crippen molar-refractivity contribution in [1.82, 2.24) is 4.98 Å². The minimum Gasteiger partial charge on any atom is -0.322 e. The summed E-state index contributed by atoms with van der Waals surface area (Å²) in [5, 5.41) is 6.00. The predicted octanol–water partition coefficient (Wildman–Crippen LogP) is 4.55. The van der Waals surface area contributed by atoms with Crippen LogP contribution in [0.3, 0.4) is 0 Å². The third kappa shape index (κ3) is 4.07. The Morgan fingerprint density at radius 2 is 1.58 bits per heavy atom. The Morgan fingerprint density at radius 3 is 2.31 bits per heavy atom. The van der Waals surface area contributed by atoms with Crippen molar-refractivity contribution < 1.29 is 9.59 Å². The van der Waals surface area contributed by atoms with E-state index in [1.807, 2.05) is 31.2 Å². The van der Waals surface area contributed by atoms with Gasteiger partial charge in [-0.25, -0.2) is 0 Å². The summed E-state index contributed by atoms with van der Waals surface area (Å²) in [5.74, 6) is -0.688. The molecule has 0 spiro atoms. The van der Waals surface area contributed by atoms with E-state index in [9.17, 15) is 9.59 Å². The van der Waals surface area contributed by atoms with Crippen LogP contribution in [0.4, 0.5) is 11.4 Å². The monoisotopic (exact) mass is 365 g/mol. The highest BCUT2D eigenvalue weighted by atomic mass is 35.5. The van der Waals surface area contributed by atoms with Crippen LogP contribution in [0, 0.1) is 6.92 Å². The average Bonchev–Trinajstić information content (AvgIpc) is 2.65. The molecule has 26 heavy (non-hydrogen) atoms. The zero-order chi connectivity index (χ0) is 18.5. The van der Waals surface area contributed by atoms with Crippen molar-refractivity contribution in [3.63, 3.8) is 0 Å². The molecule has 2 N–H and O–H groups in total. The number of pyridine rings is 1. The highest BCUT2D eigenvalue weighted by molar-refractivity contribution is 6.31. The van der Waals surface area contributed by atoms with Gasteiger partial charge in [-0.2, -0.15) is 0 Å². The Labute approximate surface area is 156 Å². The number of rotatable bonds is 4. The Balaban J connectivity index is 1.87. The van der Waals surface area contributed by atoms with Crippen LogP contribution in [-0.2, 0) is 0 Å². The molecule has 3 aromatic rings. The predicted molar refractivity (Wildman–Crippen MR) is 103 cm³/mol. The zero-order valence-corrected chi connectivity index (χ0v) is 14.7. The van der Waals surface area contributed by atoms with Gasteiger partial charge in [0, 0.05) is 28.7 Å². The van der Waals surface area contributed by atoms with E-state index in [0.717, 1.165) is 5.56 Å². The van der Waals surface area contributed by atoms with E-state index in [1.165, 1.54) is 18.5 Å². The number of aromatic nitrogens is 1. The summed E-state index contributed by atoms with van der Waals surface area (Å²) in [7, 11) is 0. The maximum atomic E-state index is 12.7. The van der Waals surface area contributed by atoms with Crippen molar-refractivity contribution in [1.29, 1.82) is 0 Å². The molecular formula is C20H16ClN3O2. The van der Waals surface area contributed by atoms with Gasteiger partial charge < -0.3 is 10.6 Å². The minimum absolute atomic E-state index is 0.281. The third-order valence-electron chi connectivity index (χ3n) is 3.81. The van der Waals surface area contributed by atoms with Gasteiger partial charge in [0.25, 0.3) is 11.8 Å². The average molecular weight is 366 g/mol. The Bertz CT molecular complexity index is 958. The number of hydrogen-bond donors (Lipinski definition) is 2. The van der Waals surface area contributed by atoms with E-state index in [4.69, 9.17) is 11.6 Å². The molecule has 3 rings (SSSR count). The number of amides is 2. The molecule has 130 valence electrons. The first kappa shape index (κ1) is 17.6. The van der Waals surface area contributed by atoms with Crippen LogP contribution in [-0.4, -0.2) is 16.8 Å². The lowest BCUT2D eigenvalue weighted by Gasteiger charge is -2.13. The molecule has 1 heterocycles. The number of hydrogen-bond acceptors (Lipinski definition) is 3. The summed E-state index contributed by atoms with van der Waals surface area (Å²) >= 11 is 6.05. The van der Waals surface area contributed by atoms with Gasteiger partial charge in [-0.3, -0.25) is 14.6 Å². The number of aryl methyl sites for hydroxylation is 1. The smallest absolute Gasteiger partial charge is 0.257 e. The molecule has 0 aliphatic heterocycles. The van der Waals surface area contributed by atoms with Gasteiger partial charge in [0.2, 0.25) is 0 Å². The SMILES string of the molecule is Cc1ccccc1NC(=O)c1cc(Cl)ccc1NC(=O)c1ccncc1. The number of benzene rings is 2. The standard InChI is InChI=1S/C20H16ClN3O2/c1-13-4-2-3-5-17(13)23-20(26)16-12-15(21)6-7-18(16)24-19(25)14-8-10-22-11-9-14/h2-12H,1H3,(H,23,26)(H,24,25). The van der Waals surface area contributed by atoms with E-state index in [2.05, 4.69) is 15.6 Å². The Morgan fingerprint density at radius 1 is 0.885 bits per heavy atom. The molecule has 0 radical (unpaired) electrons. The fourth-order valence-corrected chi connectivity index (χ4v) is 2.59. The van der Waals surface area contributed by atoms with Gasteiger partial charge in [0.1, 0.15) is 0 Å². The van der Waals surface area contributed by atoms with Gasteiger partial charge in [-0.1, -0.05) is 29.8 Å². The number of para-hydroxylation sites is 1. The quantitative estimate of drug-likeness (QED) is 0.712. The van der Waals surface area contributed by atoms with Crippen LogP contribution in [0.15, 0.2) is 67.0 Å². The van der Waals surface area contributed by atoms with Crippen LogP contribution in [0.2, 0.25) is 5.02 Å². The van der Waals surface area contributed by atoms with Crippen molar-refractivity contribution in [2.45, 2.75) is 6.92 Å². The fourth-order valence-electron chi connectivity index (χ4n) is 2.41. The molecule has 0 atom stereocenters. The topological polar surface area (TPSA) is 71.1 Å². The van der Waals surface area contributed by atoms with Crippen LogP contribution in [0.25, 0.3) is 0 Å². The van der Waals surface area contributed by atoms with Crippen LogP contribution in [0.5, 0.6) is 0 Å². The van der Waals surface area contributed by atoms with Gasteiger partial charge in [-0.15, -0.1) is 0 Å². The van der Waals surface area contributed by atoms with Crippen molar-refractivity contribution in [2.24, 2.45) is 0 Å². The second kappa shape index (κ2) is 7.80. The minimum atomic E-state index is -0.355. The number of anilines is 2. The first-order valence-electron chi connectivity index (χ1n) is 7.92. The molecule has 2 amide bonds. The number of carbonyl (C=O) groups is 2. The summed E-state index contributed by atoms with van der Waals surface area (Å²) in [4.78, 5) is 29.0. The van der Waals surface area contributed by atoms with Gasteiger partial charge >= 0.3 is 0 Å². The normalized spacial score (nSPS) is 10.2. The van der Waals surface area contributed by atoms with E-state index in [1.54, 1.807) is 24.3 Å². The second-order valence-electron chi connectivity index (χ2n) is 5.65. The molecule has 2 aromatic carbocycles. The third-order valence-corrected chi connectivity index (χ3v) is 4.05. The maximum absolute atomic E-state index is 12.7. The number of nitrogens with one attached hydrogen (secondary N) is 2. The molecular weight excluding hydrogens is 350 g/mol. The zero-order valence-electron chi connectivity index (χ0n) is 14.0. The Kier molecular flexibility index (Phi) is 5.29. The van der Waals surface area contributed by atoms with Gasteiger partial charge in [0.05, 0.1) is 11.3 Å². The summed E-state index contributed by atoms with van der Waals surface area (Å²) in [5.41, 5.74) is 2.74. The van der Waals surface area contributed by atoms with E-state index < -0.39 is 0 Å². The summed E-state index contributed by atoms with van der Waals surface area (Å²) in [6, 6.07) is 15.4. The number of halogens is 1. The maximum Gasteiger partial charge on any atom is 0.257 e. The van der Waals surface area contributed by atoms with Crippen molar-refractivity contribution in [3.05, 3.63) is 88.7 Å². The second-order valence-corrected chi connectivity index (χ2v) is 6.09. The lowest BCUT2D eigenvalue weighted by molar-refractivity contribution is 0.102. The molecule has 0 fully saturated rings. The summed E-state index contributed by atoms with van der Waals surface area (Å²) in [6.45, 7) is 1.90. The molecule has 0 unspecified atom stereocenters. The summed E-state index contributed by atoms with van der Waals surface area (Å²) in [6.07, 6.45) is 3.06. The highest BCUT2D eigenvalue weighted by Gasteiger charge is 2.16. The van der Waals surface area contributed by atoms with Gasteiger partial charge in [-0.05, 0) is 48.9 Å². The number of nitrogens with zero attached hydrogens (tertiary/aromatic N) is 1. The molecule has 0 saturated carbocycles. The van der Waals surface area contributed by atoms with Crippen LogP contribution >= 0.6 is 11.6 Å². The van der Waals surface area contributed by atoms with Crippen molar-refractivity contribution >= 4 is 34.8 Å². The lowest BCUT2D eigenvalue weighted by Crippen LogP contribution is -2.18. The van der Waals surface area contributed by atoms with Crippen molar-refractivity contribution in [2.75, 3.05) is 10.6 Å². The number of carbonyl (C=O) groups excluding carboxylic acids is 2. The largest absolute Gasteiger partial charge is 0.322 e. The lowest BCUT2D eigenvalue weighted by atomic mass is 10.1. The van der Waals surface area contributed by atoms with Crippen molar-refractivity contribution in [3.8, 4) is 0 Å². The highest BCUT2D eigenvalue weighted by Crippen LogP contribution is 2.23. The first-order chi connectivity index (χ1) is 12.5.